The van der Waals surface area contributed by atoms with Gasteiger partial charge in [-0.05, 0) is 70.6 Å². The van der Waals surface area contributed by atoms with Gasteiger partial charge < -0.3 is 19.3 Å². The SMILES string of the molecule is CCCCCC/C=C\C/C=C\CCCCCCCCCC(=O)OC(COC(=O)CCCCCCC/C=C\CCCCCCCCC)COP(=O)(O)O. The lowest BCUT2D eigenvalue weighted by Crippen LogP contribution is -2.29. The molecule has 0 rings (SSSR count). The quantitative estimate of drug-likeness (QED) is 0.0275. The van der Waals surface area contributed by atoms with Gasteiger partial charge in [0.15, 0.2) is 6.10 Å². The Bertz CT molecular complexity index is 941. The Morgan fingerprint density at radius 3 is 1.31 bits per heavy atom. The fourth-order valence-electron chi connectivity index (χ4n) is 5.93. The van der Waals surface area contributed by atoms with Crippen LogP contribution in [0, 0.1) is 0 Å². The van der Waals surface area contributed by atoms with Crippen molar-refractivity contribution in [2.75, 3.05) is 13.2 Å². The molecule has 0 spiro atoms. The van der Waals surface area contributed by atoms with Gasteiger partial charge in [0.25, 0.3) is 0 Å². The number of phosphoric ester groups is 1. The molecule has 0 fully saturated rings. The summed E-state index contributed by atoms with van der Waals surface area (Å²) in [6, 6.07) is 0. The van der Waals surface area contributed by atoms with Crippen molar-refractivity contribution in [1.29, 1.82) is 0 Å². The van der Waals surface area contributed by atoms with Gasteiger partial charge in [-0.3, -0.25) is 14.1 Å². The molecular weight excluding hydrogens is 675 g/mol. The molecule has 0 radical (unpaired) electrons. The van der Waals surface area contributed by atoms with Crippen LogP contribution in [0.15, 0.2) is 36.5 Å². The molecule has 0 aliphatic rings. The Morgan fingerprint density at radius 2 is 0.865 bits per heavy atom. The van der Waals surface area contributed by atoms with Crippen molar-refractivity contribution in [1.82, 2.24) is 0 Å². The number of carbonyl (C=O) groups excluding carboxylic acids is 2. The summed E-state index contributed by atoms with van der Waals surface area (Å²) in [5.41, 5.74) is 0. The fourth-order valence-corrected chi connectivity index (χ4v) is 6.29. The summed E-state index contributed by atoms with van der Waals surface area (Å²) in [5.74, 6) is -0.900. The van der Waals surface area contributed by atoms with Crippen LogP contribution in [0.5, 0.6) is 0 Å². The second kappa shape index (κ2) is 39.0. The van der Waals surface area contributed by atoms with Crippen LogP contribution < -0.4 is 0 Å². The van der Waals surface area contributed by atoms with Crippen LogP contribution in [0.2, 0.25) is 0 Å². The van der Waals surface area contributed by atoms with Crippen LogP contribution in [-0.2, 0) is 28.2 Å². The summed E-state index contributed by atoms with van der Waals surface area (Å²) in [5, 5.41) is 0. The average Bonchev–Trinajstić information content (AvgIpc) is 3.11. The number of esters is 2. The van der Waals surface area contributed by atoms with Gasteiger partial charge in [-0.1, -0.05) is 159 Å². The van der Waals surface area contributed by atoms with E-state index >= 15 is 0 Å². The monoisotopic (exact) mass is 755 g/mol. The molecule has 0 heterocycles. The zero-order valence-corrected chi connectivity index (χ0v) is 34.4. The summed E-state index contributed by atoms with van der Waals surface area (Å²) in [7, 11) is -4.76. The van der Waals surface area contributed by atoms with Gasteiger partial charge in [0, 0.05) is 12.8 Å². The van der Waals surface area contributed by atoms with Crippen molar-refractivity contribution in [2.24, 2.45) is 0 Å². The summed E-state index contributed by atoms with van der Waals surface area (Å²) in [6.45, 7) is 3.66. The number of phosphoric acid groups is 1. The molecule has 9 heteroatoms. The number of rotatable bonds is 39. The number of unbranched alkanes of at least 4 members (excludes halogenated alkanes) is 23. The largest absolute Gasteiger partial charge is 0.469 e. The standard InChI is InChI=1S/C43H79O8P/c1-3-5-7-9-11-13-15-17-19-21-22-24-26-28-30-32-34-36-38-43(45)51-41(40-50-52(46,47)48)39-49-42(44)37-35-33-31-29-27-25-23-20-18-16-14-12-10-8-6-4-2/h13,15,19-21,23,41H,3-12,14,16-18,22,24-40H2,1-2H3,(H2,46,47,48)/b15-13-,21-19-,23-20-. The Morgan fingerprint density at radius 1 is 0.500 bits per heavy atom. The predicted octanol–water partition coefficient (Wildman–Crippen LogP) is 13.0. The van der Waals surface area contributed by atoms with Gasteiger partial charge in [0.05, 0.1) is 6.61 Å². The third-order valence-electron chi connectivity index (χ3n) is 9.13. The molecule has 0 aromatic rings. The second-order valence-corrected chi connectivity index (χ2v) is 15.5. The number of allylic oxidation sites excluding steroid dienone is 6. The van der Waals surface area contributed by atoms with E-state index in [4.69, 9.17) is 19.3 Å². The Hall–Kier alpha value is -1.73. The maximum Gasteiger partial charge on any atom is 0.469 e. The average molecular weight is 755 g/mol. The van der Waals surface area contributed by atoms with Gasteiger partial charge >= 0.3 is 19.8 Å². The highest BCUT2D eigenvalue weighted by Gasteiger charge is 2.22. The number of hydrogen-bond donors (Lipinski definition) is 2. The summed E-state index contributed by atoms with van der Waals surface area (Å²) < 4.78 is 26.4. The van der Waals surface area contributed by atoms with Gasteiger partial charge in [0.2, 0.25) is 0 Å². The van der Waals surface area contributed by atoms with Crippen LogP contribution in [0.1, 0.15) is 206 Å². The Kier molecular flexibility index (Phi) is 37.7. The first-order valence-electron chi connectivity index (χ1n) is 21.3. The van der Waals surface area contributed by atoms with Crippen molar-refractivity contribution >= 4 is 19.8 Å². The van der Waals surface area contributed by atoms with Crippen LogP contribution in [-0.4, -0.2) is 41.0 Å². The third-order valence-corrected chi connectivity index (χ3v) is 9.62. The first kappa shape index (κ1) is 50.3. The van der Waals surface area contributed by atoms with E-state index in [0.29, 0.717) is 12.8 Å². The van der Waals surface area contributed by atoms with Crippen LogP contribution >= 0.6 is 7.82 Å². The van der Waals surface area contributed by atoms with E-state index in [1.54, 1.807) is 0 Å². The summed E-state index contributed by atoms with van der Waals surface area (Å²) in [6.07, 6.45) is 45.7. The molecule has 0 aromatic heterocycles. The van der Waals surface area contributed by atoms with E-state index in [2.05, 4.69) is 54.8 Å². The van der Waals surface area contributed by atoms with Crippen LogP contribution in [0.3, 0.4) is 0 Å². The highest BCUT2D eigenvalue weighted by Crippen LogP contribution is 2.36. The number of ether oxygens (including phenoxy) is 2. The minimum Gasteiger partial charge on any atom is -0.462 e. The smallest absolute Gasteiger partial charge is 0.462 e. The molecule has 52 heavy (non-hydrogen) atoms. The summed E-state index contributed by atoms with van der Waals surface area (Å²) >= 11 is 0. The predicted molar refractivity (Wildman–Crippen MR) is 216 cm³/mol. The Labute approximate surface area is 319 Å². The lowest BCUT2D eigenvalue weighted by atomic mass is 10.1. The van der Waals surface area contributed by atoms with Crippen molar-refractivity contribution in [3.63, 3.8) is 0 Å². The third kappa shape index (κ3) is 41.0. The van der Waals surface area contributed by atoms with E-state index in [-0.39, 0.29) is 19.4 Å². The molecule has 0 bridgehead atoms. The minimum atomic E-state index is -4.76. The van der Waals surface area contributed by atoms with Gasteiger partial charge in [0.1, 0.15) is 6.61 Å². The normalized spacial score (nSPS) is 12.8. The molecule has 1 unspecified atom stereocenters. The highest BCUT2D eigenvalue weighted by atomic mass is 31.2. The second-order valence-electron chi connectivity index (χ2n) is 14.3. The van der Waals surface area contributed by atoms with Gasteiger partial charge in [-0.15, -0.1) is 0 Å². The zero-order chi connectivity index (χ0) is 38.2. The first-order valence-corrected chi connectivity index (χ1v) is 22.8. The van der Waals surface area contributed by atoms with Crippen LogP contribution in [0.4, 0.5) is 0 Å². The fraction of sp³-hybridized carbons (Fsp3) is 0.814. The van der Waals surface area contributed by atoms with Crippen molar-refractivity contribution < 1.29 is 37.9 Å². The lowest BCUT2D eigenvalue weighted by Gasteiger charge is -2.18. The van der Waals surface area contributed by atoms with Crippen LogP contribution in [0.25, 0.3) is 0 Å². The minimum absolute atomic E-state index is 0.202. The molecule has 0 aromatic carbocycles. The van der Waals surface area contributed by atoms with Crippen molar-refractivity contribution in [3.05, 3.63) is 36.5 Å². The Balaban J connectivity index is 3.94. The summed E-state index contributed by atoms with van der Waals surface area (Å²) in [4.78, 5) is 42.9. The maximum absolute atomic E-state index is 12.4. The van der Waals surface area contributed by atoms with E-state index in [1.807, 2.05) is 0 Å². The molecule has 0 saturated carbocycles. The molecule has 0 saturated heterocycles. The maximum atomic E-state index is 12.4. The molecule has 8 nitrogen and oxygen atoms in total. The van der Waals surface area contributed by atoms with Crippen molar-refractivity contribution in [2.45, 2.75) is 213 Å². The lowest BCUT2D eigenvalue weighted by molar-refractivity contribution is -0.161. The highest BCUT2D eigenvalue weighted by molar-refractivity contribution is 7.46. The molecule has 2 N–H and O–H groups in total. The molecule has 304 valence electrons. The van der Waals surface area contributed by atoms with Gasteiger partial charge in [-0.25, -0.2) is 4.57 Å². The van der Waals surface area contributed by atoms with E-state index in [0.717, 1.165) is 64.2 Å². The molecule has 0 aliphatic heterocycles. The molecule has 0 amide bonds. The molecular formula is C43H79O8P. The topological polar surface area (TPSA) is 119 Å². The zero-order valence-electron chi connectivity index (χ0n) is 33.5. The van der Waals surface area contributed by atoms with Gasteiger partial charge in [-0.2, -0.15) is 0 Å². The molecule has 1 atom stereocenters. The number of carbonyl (C=O) groups is 2. The molecule has 0 aliphatic carbocycles. The van der Waals surface area contributed by atoms with E-state index in [1.165, 1.54) is 103 Å². The first-order chi connectivity index (χ1) is 25.3. The van der Waals surface area contributed by atoms with E-state index in [9.17, 15) is 14.2 Å². The number of hydrogen-bond acceptors (Lipinski definition) is 6. The van der Waals surface area contributed by atoms with Crippen molar-refractivity contribution in [3.8, 4) is 0 Å². The van der Waals surface area contributed by atoms with E-state index < -0.39 is 32.5 Å².